The van der Waals surface area contributed by atoms with E-state index in [-0.39, 0.29) is 5.38 Å². The fourth-order valence-corrected chi connectivity index (χ4v) is 3.47. The molecule has 1 unspecified atom stereocenters. The van der Waals surface area contributed by atoms with E-state index in [1.807, 2.05) is 36.4 Å². The molecule has 0 aliphatic rings. The molecule has 1 atom stereocenters. The summed E-state index contributed by atoms with van der Waals surface area (Å²) in [6.07, 6.45) is 0.782. The van der Waals surface area contributed by atoms with Crippen LogP contribution in [0.5, 0.6) is 0 Å². The van der Waals surface area contributed by atoms with Crippen molar-refractivity contribution in [1.29, 1.82) is 0 Å². The van der Waals surface area contributed by atoms with Crippen molar-refractivity contribution in [3.8, 4) is 0 Å². The third kappa shape index (κ3) is 3.26. The molecule has 0 bridgehead atoms. The molecule has 0 amide bonds. The van der Waals surface area contributed by atoms with Crippen LogP contribution >= 0.6 is 39.1 Å². The Morgan fingerprint density at radius 1 is 0.857 bits per heavy atom. The molecule has 0 aliphatic heterocycles. The molecule has 3 heteroatoms. The molecule has 3 rings (SSSR count). The van der Waals surface area contributed by atoms with Crippen LogP contribution in [0.15, 0.2) is 65.1 Å². The first kappa shape index (κ1) is 14.9. The number of halogens is 3. The first-order chi connectivity index (χ1) is 10.1. The van der Waals surface area contributed by atoms with Gasteiger partial charge in [-0.25, -0.2) is 0 Å². The van der Waals surface area contributed by atoms with Crippen molar-refractivity contribution in [2.75, 3.05) is 0 Å². The first-order valence-electron chi connectivity index (χ1n) is 6.71. The van der Waals surface area contributed by atoms with Crippen molar-refractivity contribution < 1.29 is 0 Å². The standard InChI is InChI=1S/C18H13BrCl2/c19-17-10-9-16(14-3-1-2-4-15(14)17)18(21)11-12-5-7-13(20)8-6-12/h1-10,18H,11H2. The molecule has 0 spiro atoms. The predicted octanol–water partition coefficient (Wildman–Crippen LogP) is 6.78. The van der Waals surface area contributed by atoms with Gasteiger partial charge in [0.05, 0.1) is 5.38 Å². The Bertz CT molecular complexity index is 766. The van der Waals surface area contributed by atoms with E-state index in [9.17, 15) is 0 Å². The predicted molar refractivity (Wildman–Crippen MR) is 95.4 cm³/mol. The van der Waals surface area contributed by atoms with Crippen LogP contribution in [-0.2, 0) is 6.42 Å². The van der Waals surface area contributed by atoms with Crippen molar-refractivity contribution in [3.05, 3.63) is 81.3 Å². The summed E-state index contributed by atoms with van der Waals surface area (Å²) in [5.41, 5.74) is 2.34. The fraction of sp³-hybridized carbons (Fsp3) is 0.111. The second-order valence-corrected chi connectivity index (χ2v) is 6.80. The number of hydrogen-bond donors (Lipinski definition) is 0. The van der Waals surface area contributed by atoms with Crippen LogP contribution in [0.25, 0.3) is 10.8 Å². The number of hydrogen-bond acceptors (Lipinski definition) is 0. The Kier molecular flexibility index (Phi) is 4.54. The third-order valence-corrected chi connectivity index (χ3v) is 4.90. The summed E-state index contributed by atoms with van der Waals surface area (Å²) in [5, 5.41) is 3.07. The highest BCUT2D eigenvalue weighted by atomic mass is 79.9. The van der Waals surface area contributed by atoms with Crippen LogP contribution in [0, 0.1) is 0 Å². The number of rotatable bonds is 3. The summed E-state index contributed by atoms with van der Waals surface area (Å²) in [6.45, 7) is 0. The maximum atomic E-state index is 6.66. The topological polar surface area (TPSA) is 0 Å². The largest absolute Gasteiger partial charge is 0.117 e. The van der Waals surface area contributed by atoms with Crippen LogP contribution < -0.4 is 0 Å². The SMILES string of the molecule is Clc1ccc(CC(Cl)c2ccc(Br)c3ccccc23)cc1. The minimum atomic E-state index is -0.0656. The molecule has 0 saturated heterocycles. The van der Waals surface area contributed by atoms with Gasteiger partial charge in [0.2, 0.25) is 0 Å². The van der Waals surface area contributed by atoms with Crippen molar-refractivity contribution in [1.82, 2.24) is 0 Å². The van der Waals surface area contributed by atoms with Gasteiger partial charge in [-0.2, -0.15) is 0 Å². The number of fused-ring (bicyclic) bond motifs is 1. The maximum Gasteiger partial charge on any atom is 0.0631 e. The van der Waals surface area contributed by atoms with Crippen LogP contribution in [0.1, 0.15) is 16.5 Å². The van der Waals surface area contributed by atoms with Crippen LogP contribution in [0.2, 0.25) is 5.02 Å². The molecule has 0 nitrogen and oxygen atoms in total. The monoisotopic (exact) mass is 378 g/mol. The van der Waals surface area contributed by atoms with Crippen molar-refractivity contribution >= 4 is 49.9 Å². The van der Waals surface area contributed by atoms with Gasteiger partial charge in [-0.05, 0) is 46.5 Å². The van der Waals surface area contributed by atoms with E-state index in [2.05, 4.69) is 40.2 Å². The smallest absolute Gasteiger partial charge is 0.0631 e. The van der Waals surface area contributed by atoms with Crippen molar-refractivity contribution in [3.63, 3.8) is 0 Å². The molecule has 21 heavy (non-hydrogen) atoms. The second kappa shape index (κ2) is 6.39. The lowest BCUT2D eigenvalue weighted by Crippen LogP contribution is -1.97. The lowest BCUT2D eigenvalue weighted by Gasteiger charge is -2.14. The molecule has 0 fully saturated rings. The highest BCUT2D eigenvalue weighted by molar-refractivity contribution is 9.10. The van der Waals surface area contributed by atoms with E-state index in [0.29, 0.717) is 0 Å². The molecular weight excluding hydrogens is 367 g/mol. The second-order valence-electron chi connectivity index (χ2n) is 4.98. The number of alkyl halides is 1. The van der Waals surface area contributed by atoms with Gasteiger partial charge in [-0.3, -0.25) is 0 Å². The van der Waals surface area contributed by atoms with Crippen molar-refractivity contribution in [2.45, 2.75) is 11.8 Å². The average molecular weight is 380 g/mol. The van der Waals surface area contributed by atoms with Gasteiger partial charge in [-0.15, -0.1) is 11.6 Å². The van der Waals surface area contributed by atoms with Crippen LogP contribution in [0.4, 0.5) is 0 Å². The van der Waals surface area contributed by atoms with E-state index >= 15 is 0 Å². The van der Waals surface area contributed by atoms with Crippen LogP contribution in [0.3, 0.4) is 0 Å². The molecule has 3 aromatic rings. The summed E-state index contributed by atoms with van der Waals surface area (Å²) in [6, 6.07) is 20.3. The first-order valence-corrected chi connectivity index (χ1v) is 8.31. The van der Waals surface area contributed by atoms with Crippen LogP contribution in [-0.4, -0.2) is 0 Å². The van der Waals surface area contributed by atoms with Gasteiger partial charge in [0.25, 0.3) is 0 Å². The van der Waals surface area contributed by atoms with Crippen molar-refractivity contribution in [2.24, 2.45) is 0 Å². The highest BCUT2D eigenvalue weighted by Crippen LogP contribution is 2.34. The molecule has 0 heterocycles. The van der Waals surface area contributed by atoms with Gasteiger partial charge in [-0.1, -0.05) is 70.0 Å². The Morgan fingerprint density at radius 3 is 2.24 bits per heavy atom. The normalized spacial score (nSPS) is 12.5. The van der Waals surface area contributed by atoms with Gasteiger partial charge >= 0.3 is 0 Å². The summed E-state index contributed by atoms with van der Waals surface area (Å²) in [5.74, 6) is 0. The molecule has 0 N–H and O–H groups in total. The third-order valence-electron chi connectivity index (χ3n) is 3.57. The molecule has 0 radical (unpaired) electrons. The summed E-state index contributed by atoms with van der Waals surface area (Å²) in [7, 11) is 0. The minimum absolute atomic E-state index is 0.0656. The van der Waals surface area contributed by atoms with E-state index < -0.39 is 0 Å². The van der Waals surface area contributed by atoms with Gasteiger partial charge in [0.15, 0.2) is 0 Å². The highest BCUT2D eigenvalue weighted by Gasteiger charge is 2.13. The summed E-state index contributed by atoms with van der Waals surface area (Å²) < 4.78 is 1.09. The molecule has 3 aromatic carbocycles. The zero-order valence-corrected chi connectivity index (χ0v) is 14.3. The Labute approximate surface area is 142 Å². The number of benzene rings is 3. The zero-order chi connectivity index (χ0) is 14.8. The molecule has 0 aliphatic carbocycles. The fourth-order valence-electron chi connectivity index (χ4n) is 2.50. The Morgan fingerprint density at radius 2 is 1.52 bits per heavy atom. The molecule has 0 aromatic heterocycles. The van der Waals surface area contributed by atoms with Gasteiger partial charge < -0.3 is 0 Å². The van der Waals surface area contributed by atoms with Gasteiger partial charge in [0.1, 0.15) is 0 Å². The quantitative estimate of drug-likeness (QED) is 0.440. The summed E-state index contributed by atoms with van der Waals surface area (Å²) in [4.78, 5) is 0. The Balaban J connectivity index is 1.96. The minimum Gasteiger partial charge on any atom is -0.117 e. The molecule has 0 saturated carbocycles. The van der Waals surface area contributed by atoms with Gasteiger partial charge in [0, 0.05) is 9.50 Å². The van der Waals surface area contributed by atoms with E-state index in [1.165, 1.54) is 16.3 Å². The summed E-state index contributed by atoms with van der Waals surface area (Å²) >= 11 is 16.2. The zero-order valence-electron chi connectivity index (χ0n) is 11.2. The molecular formula is C18H13BrCl2. The lowest BCUT2D eigenvalue weighted by atomic mass is 9.98. The van der Waals surface area contributed by atoms with E-state index in [0.717, 1.165) is 21.5 Å². The van der Waals surface area contributed by atoms with E-state index in [4.69, 9.17) is 23.2 Å². The van der Waals surface area contributed by atoms with E-state index in [1.54, 1.807) is 0 Å². The maximum absolute atomic E-state index is 6.66. The lowest BCUT2D eigenvalue weighted by molar-refractivity contribution is 0.928. The average Bonchev–Trinajstić information content (AvgIpc) is 2.50. The Hall–Kier alpha value is -1.02. The molecule has 106 valence electrons.